The van der Waals surface area contributed by atoms with Gasteiger partial charge < -0.3 is 5.32 Å². The van der Waals surface area contributed by atoms with Gasteiger partial charge in [0.15, 0.2) is 0 Å². The standard InChI is InChI=1S/C15H17Cl2N3O3S/c1-2-6-18-14(21)11-19-7-9-20(10-8-19)24(22,23)13-5-3-4-12(16)15(13)17/h1,3-5H,6-11H2,(H,18,21). The normalized spacial score (nSPS) is 16.5. The molecule has 6 nitrogen and oxygen atoms in total. The molecule has 1 heterocycles. The molecule has 2 rings (SSSR count). The van der Waals surface area contributed by atoms with Crippen molar-refractivity contribution in [3.63, 3.8) is 0 Å². The number of carbonyl (C=O) groups is 1. The van der Waals surface area contributed by atoms with E-state index in [1.54, 1.807) is 6.07 Å². The molecule has 1 aliphatic rings. The molecule has 0 aliphatic carbocycles. The van der Waals surface area contributed by atoms with Crippen molar-refractivity contribution in [1.29, 1.82) is 0 Å². The lowest BCUT2D eigenvalue weighted by Crippen LogP contribution is -2.51. The lowest BCUT2D eigenvalue weighted by Gasteiger charge is -2.33. The van der Waals surface area contributed by atoms with Crippen LogP contribution < -0.4 is 5.32 Å². The Morgan fingerprint density at radius 1 is 1.25 bits per heavy atom. The minimum atomic E-state index is -3.72. The Labute approximate surface area is 151 Å². The summed E-state index contributed by atoms with van der Waals surface area (Å²) in [5.41, 5.74) is 0. The third kappa shape index (κ3) is 4.41. The Hall–Kier alpha value is -1.30. The fourth-order valence-electron chi connectivity index (χ4n) is 2.36. The van der Waals surface area contributed by atoms with E-state index in [1.807, 2.05) is 4.90 Å². The first kappa shape index (κ1) is 19.0. The summed E-state index contributed by atoms with van der Waals surface area (Å²) in [6.07, 6.45) is 5.08. The van der Waals surface area contributed by atoms with E-state index in [-0.39, 0.29) is 47.0 Å². The highest BCUT2D eigenvalue weighted by Gasteiger charge is 2.31. The summed E-state index contributed by atoms with van der Waals surface area (Å²) < 4.78 is 26.7. The minimum Gasteiger partial charge on any atom is -0.344 e. The Morgan fingerprint density at radius 3 is 2.54 bits per heavy atom. The average Bonchev–Trinajstić information content (AvgIpc) is 2.56. The van der Waals surface area contributed by atoms with Gasteiger partial charge in [0, 0.05) is 26.2 Å². The first-order valence-electron chi connectivity index (χ1n) is 7.23. The van der Waals surface area contributed by atoms with Crippen molar-refractivity contribution in [3.05, 3.63) is 28.2 Å². The van der Waals surface area contributed by atoms with Crippen LogP contribution in [-0.2, 0) is 14.8 Å². The van der Waals surface area contributed by atoms with Crippen LogP contribution >= 0.6 is 23.2 Å². The molecule has 0 radical (unpaired) electrons. The van der Waals surface area contributed by atoms with Crippen molar-refractivity contribution >= 4 is 39.1 Å². The maximum atomic E-state index is 12.7. The molecule has 1 N–H and O–H groups in total. The van der Waals surface area contributed by atoms with E-state index in [0.29, 0.717) is 13.1 Å². The number of nitrogens with one attached hydrogen (secondary N) is 1. The third-order valence-corrected chi connectivity index (χ3v) is 6.49. The van der Waals surface area contributed by atoms with E-state index < -0.39 is 10.0 Å². The number of terminal acetylenes is 1. The summed E-state index contributed by atoms with van der Waals surface area (Å²) in [7, 11) is -3.72. The maximum absolute atomic E-state index is 12.7. The van der Waals surface area contributed by atoms with Gasteiger partial charge in [-0.15, -0.1) is 6.42 Å². The van der Waals surface area contributed by atoms with Gasteiger partial charge in [-0.1, -0.05) is 35.2 Å². The number of nitrogens with zero attached hydrogens (tertiary/aromatic N) is 2. The number of hydrogen-bond donors (Lipinski definition) is 1. The van der Waals surface area contributed by atoms with Crippen LogP contribution in [0.2, 0.25) is 10.0 Å². The van der Waals surface area contributed by atoms with Crippen molar-refractivity contribution in [2.24, 2.45) is 0 Å². The molecular weight excluding hydrogens is 373 g/mol. The van der Waals surface area contributed by atoms with Gasteiger partial charge in [0.1, 0.15) is 4.90 Å². The van der Waals surface area contributed by atoms with Crippen LogP contribution in [0.15, 0.2) is 23.1 Å². The van der Waals surface area contributed by atoms with Crippen molar-refractivity contribution in [2.75, 3.05) is 39.3 Å². The van der Waals surface area contributed by atoms with Crippen molar-refractivity contribution < 1.29 is 13.2 Å². The van der Waals surface area contributed by atoms with E-state index in [4.69, 9.17) is 29.6 Å². The Kier molecular flexibility index (Phi) is 6.49. The van der Waals surface area contributed by atoms with E-state index in [1.165, 1.54) is 16.4 Å². The molecule has 1 saturated heterocycles. The molecule has 0 bridgehead atoms. The molecule has 1 aromatic carbocycles. The van der Waals surface area contributed by atoms with Gasteiger partial charge in [-0.2, -0.15) is 4.31 Å². The molecule has 24 heavy (non-hydrogen) atoms. The molecule has 0 spiro atoms. The third-order valence-electron chi connectivity index (χ3n) is 3.62. The van der Waals surface area contributed by atoms with E-state index in [0.717, 1.165) is 0 Å². The topological polar surface area (TPSA) is 69.7 Å². The number of carbonyl (C=O) groups excluding carboxylic acids is 1. The second-order valence-electron chi connectivity index (χ2n) is 5.21. The molecule has 0 atom stereocenters. The Morgan fingerprint density at radius 2 is 1.92 bits per heavy atom. The number of halogens is 2. The zero-order chi connectivity index (χ0) is 17.7. The molecule has 0 unspecified atom stereocenters. The summed E-state index contributed by atoms with van der Waals surface area (Å²) in [6, 6.07) is 4.52. The van der Waals surface area contributed by atoms with E-state index in [2.05, 4.69) is 11.2 Å². The second-order valence-corrected chi connectivity index (χ2v) is 7.90. The number of amides is 1. The van der Waals surface area contributed by atoms with Crippen LogP contribution in [0, 0.1) is 12.3 Å². The Bertz CT molecular complexity index is 754. The molecule has 0 aromatic heterocycles. The number of hydrogen-bond acceptors (Lipinski definition) is 4. The Balaban J connectivity index is 2.00. The van der Waals surface area contributed by atoms with Crippen molar-refractivity contribution in [1.82, 2.24) is 14.5 Å². The molecule has 0 saturated carbocycles. The molecule has 130 valence electrons. The quantitative estimate of drug-likeness (QED) is 0.764. The fourth-order valence-corrected chi connectivity index (χ4v) is 4.52. The highest BCUT2D eigenvalue weighted by molar-refractivity contribution is 7.89. The lowest BCUT2D eigenvalue weighted by atomic mass is 10.3. The summed E-state index contributed by atoms with van der Waals surface area (Å²) in [5.74, 6) is 2.15. The van der Waals surface area contributed by atoms with Crippen LogP contribution in [0.3, 0.4) is 0 Å². The zero-order valence-electron chi connectivity index (χ0n) is 12.8. The fraction of sp³-hybridized carbons (Fsp3) is 0.400. The van der Waals surface area contributed by atoms with Gasteiger partial charge in [-0.3, -0.25) is 9.69 Å². The summed E-state index contributed by atoms with van der Waals surface area (Å²) in [5, 5.41) is 2.80. The summed E-state index contributed by atoms with van der Waals surface area (Å²) in [6.45, 7) is 1.80. The number of benzene rings is 1. The van der Waals surface area contributed by atoms with Gasteiger partial charge in [0.2, 0.25) is 15.9 Å². The van der Waals surface area contributed by atoms with Crippen LogP contribution in [0.4, 0.5) is 0 Å². The zero-order valence-corrected chi connectivity index (χ0v) is 15.2. The summed E-state index contributed by atoms with van der Waals surface area (Å²) >= 11 is 11.9. The molecule has 1 aliphatic heterocycles. The highest BCUT2D eigenvalue weighted by atomic mass is 35.5. The van der Waals surface area contributed by atoms with E-state index >= 15 is 0 Å². The largest absolute Gasteiger partial charge is 0.344 e. The monoisotopic (exact) mass is 389 g/mol. The number of rotatable bonds is 5. The lowest BCUT2D eigenvalue weighted by molar-refractivity contribution is -0.122. The first-order chi connectivity index (χ1) is 11.4. The van der Waals surface area contributed by atoms with Gasteiger partial charge in [-0.25, -0.2) is 8.42 Å². The summed E-state index contributed by atoms with van der Waals surface area (Å²) in [4.78, 5) is 13.5. The smallest absolute Gasteiger partial charge is 0.244 e. The number of piperazine rings is 1. The molecule has 1 amide bonds. The molecular formula is C15H17Cl2N3O3S. The van der Waals surface area contributed by atoms with Crippen LogP contribution in [0.5, 0.6) is 0 Å². The van der Waals surface area contributed by atoms with Gasteiger partial charge >= 0.3 is 0 Å². The maximum Gasteiger partial charge on any atom is 0.244 e. The van der Waals surface area contributed by atoms with Gasteiger partial charge in [0.05, 0.1) is 23.1 Å². The minimum absolute atomic E-state index is 0.00289. The van der Waals surface area contributed by atoms with Crippen molar-refractivity contribution in [3.8, 4) is 12.3 Å². The molecule has 9 heteroatoms. The second kappa shape index (κ2) is 8.19. The van der Waals surface area contributed by atoms with E-state index in [9.17, 15) is 13.2 Å². The van der Waals surface area contributed by atoms with Crippen molar-refractivity contribution in [2.45, 2.75) is 4.90 Å². The molecule has 1 fully saturated rings. The SMILES string of the molecule is C#CCNC(=O)CN1CCN(S(=O)(=O)c2cccc(Cl)c2Cl)CC1. The highest BCUT2D eigenvalue weighted by Crippen LogP contribution is 2.31. The van der Waals surface area contributed by atoms with Gasteiger partial charge in [0.25, 0.3) is 0 Å². The molecule has 1 aromatic rings. The van der Waals surface area contributed by atoms with Crippen LogP contribution in [-0.4, -0.2) is 62.8 Å². The first-order valence-corrected chi connectivity index (χ1v) is 9.42. The number of sulfonamides is 1. The van der Waals surface area contributed by atoms with Crippen LogP contribution in [0.1, 0.15) is 0 Å². The van der Waals surface area contributed by atoms with Gasteiger partial charge in [-0.05, 0) is 12.1 Å². The predicted octanol–water partition coefficient (Wildman–Crippen LogP) is 1.05. The average molecular weight is 390 g/mol. The van der Waals surface area contributed by atoms with Crippen LogP contribution in [0.25, 0.3) is 0 Å². The predicted molar refractivity (Wildman–Crippen MR) is 93.5 cm³/mol.